The van der Waals surface area contributed by atoms with Gasteiger partial charge in [-0.05, 0) is 80.6 Å². The lowest BCUT2D eigenvalue weighted by Crippen LogP contribution is -2.31. The Balaban J connectivity index is 1.78. The SMILES string of the molecule is CCOC(=O)COc1ccc(CCNCCCCC(C#N)(c2ccc(OC)c(OC)c2)C(C)C)cc1. The summed E-state index contributed by atoms with van der Waals surface area (Å²) in [6, 6.07) is 16.2. The first-order valence-electron chi connectivity index (χ1n) is 12.6. The van der Waals surface area contributed by atoms with Crippen molar-refractivity contribution in [1.82, 2.24) is 5.32 Å². The number of methoxy groups -OCH3 is 2. The second kappa shape index (κ2) is 15.0. The lowest BCUT2D eigenvalue weighted by Gasteiger charge is -2.32. The van der Waals surface area contributed by atoms with Gasteiger partial charge in [0.25, 0.3) is 0 Å². The third-order valence-corrected chi connectivity index (χ3v) is 6.43. The van der Waals surface area contributed by atoms with Crippen molar-refractivity contribution in [3.63, 3.8) is 0 Å². The van der Waals surface area contributed by atoms with Crippen LogP contribution in [-0.2, 0) is 21.4 Å². The van der Waals surface area contributed by atoms with Crippen LogP contribution in [0.15, 0.2) is 42.5 Å². The van der Waals surface area contributed by atoms with E-state index in [1.165, 1.54) is 5.56 Å². The van der Waals surface area contributed by atoms with Gasteiger partial charge in [0.15, 0.2) is 18.1 Å². The van der Waals surface area contributed by atoms with Gasteiger partial charge < -0.3 is 24.3 Å². The summed E-state index contributed by atoms with van der Waals surface area (Å²) in [6.45, 7) is 8.01. The minimum atomic E-state index is -0.573. The van der Waals surface area contributed by atoms with E-state index < -0.39 is 5.41 Å². The molecule has 0 spiro atoms. The van der Waals surface area contributed by atoms with Gasteiger partial charge in [0.05, 0.1) is 32.3 Å². The first kappa shape index (κ1) is 29.0. The highest BCUT2D eigenvalue weighted by atomic mass is 16.6. The number of ether oxygens (including phenoxy) is 4. The fraction of sp³-hybridized carbons (Fsp3) is 0.517. The molecule has 0 saturated carbocycles. The van der Waals surface area contributed by atoms with E-state index in [0.29, 0.717) is 23.9 Å². The molecule has 36 heavy (non-hydrogen) atoms. The normalized spacial score (nSPS) is 12.5. The first-order valence-corrected chi connectivity index (χ1v) is 12.6. The Morgan fingerprint density at radius 1 is 1.03 bits per heavy atom. The lowest BCUT2D eigenvalue weighted by atomic mass is 9.69. The van der Waals surface area contributed by atoms with Crippen LogP contribution in [0.4, 0.5) is 0 Å². The molecule has 2 rings (SSSR count). The second-order valence-electron chi connectivity index (χ2n) is 9.00. The largest absolute Gasteiger partial charge is 0.493 e. The van der Waals surface area contributed by atoms with Gasteiger partial charge in [0.2, 0.25) is 0 Å². The zero-order chi connectivity index (χ0) is 26.4. The van der Waals surface area contributed by atoms with E-state index in [-0.39, 0.29) is 18.5 Å². The number of benzene rings is 2. The highest BCUT2D eigenvalue weighted by Gasteiger charge is 2.36. The molecule has 0 aliphatic rings. The Morgan fingerprint density at radius 2 is 1.75 bits per heavy atom. The molecular weight excluding hydrogens is 456 g/mol. The van der Waals surface area contributed by atoms with Crippen LogP contribution >= 0.6 is 0 Å². The average molecular weight is 497 g/mol. The van der Waals surface area contributed by atoms with Crippen molar-refractivity contribution >= 4 is 5.97 Å². The molecule has 0 heterocycles. The number of nitrogens with one attached hydrogen (secondary N) is 1. The fourth-order valence-corrected chi connectivity index (χ4v) is 4.24. The molecule has 196 valence electrons. The van der Waals surface area contributed by atoms with Crippen LogP contribution in [0.3, 0.4) is 0 Å². The summed E-state index contributed by atoms with van der Waals surface area (Å²) >= 11 is 0. The van der Waals surface area contributed by atoms with Crippen molar-refractivity contribution in [3.05, 3.63) is 53.6 Å². The molecule has 2 aromatic rings. The van der Waals surface area contributed by atoms with Crippen molar-refractivity contribution in [2.24, 2.45) is 5.92 Å². The van der Waals surface area contributed by atoms with E-state index in [1.807, 2.05) is 42.5 Å². The van der Waals surface area contributed by atoms with Crippen LogP contribution < -0.4 is 19.5 Å². The molecule has 7 nitrogen and oxygen atoms in total. The third-order valence-electron chi connectivity index (χ3n) is 6.43. The van der Waals surface area contributed by atoms with Crippen molar-refractivity contribution in [3.8, 4) is 23.3 Å². The molecule has 7 heteroatoms. The first-order chi connectivity index (χ1) is 17.4. The number of nitrogens with zero attached hydrogens (tertiary/aromatic N) is 1. The van der Waals surface area contributed by atoms with Crippen molar-refractivity contribution in [1.29, 1.82) is 5.26 Å². The number of esters is 1. The molecule has 0 bridgehead atoms. The van der Waals surface area contributed by atoms with E-state index in [1.54, 1.807) is 21.1 Å². The van der Waals surface area contributed by atoms with Gasteiger partial charge in [0, 0.05) is 0 Å². The summed E-state index contributed by atoms with van der Waals surface area (Å²) in [5.41, 5.74) is 1.60. The molecule has 1 N–H and O–H groups in total. The van der Waals surface area contributed by atoms with Crippen LogP contribution in [0, 0.1) is 17.2 Å². The monoisotopic (exact) mass is 496 g/mol. The number of carbonyl (C=O) groups excluding carboxylic acids is 1. The van der Waals surface area contributed by atoms with Crippen LogP contribution in [-0.4, -0.2) is 46.5 Å². The number of unbranched alkanes of at least 4 members (excludes halogenated alkanes) is 1. The van der Waals surface area contributed by atoms with Gasteiger partial charge in [0.1, 0.15) is 5.75 Å². The highest BCUT2D eigenvalue weighted by molar-refractivity contribution is 5.71. The van der Waals surface area contributed by atoms with E-state index >= 15 is 0 Å². The van der Waals surface area contributed by atoms with Gasteiger partial charge in [-0.2, -0.15) is 5.26 Å². The van der Waals surface area contributed by atoms with E-state index in [4.69, 9.17) is 18.9 Å². The number of hydrogen-bond donors (Lipinski definition) is 1. The highest BCUT2D eigenvalue weighted by Crippen LogP contribution is 2.40. The quantitative estimate of drug-likeness (QED) is 0.256. The molecule has 1 atom stereocenters. The number of carbonyl (C=O) groups is 1. The zero-order valence-corrected chi connectivity index (χ0v) is 22.3. The summed E-state index contributed by atoms with van der Waals surface area (Å²) in [4.78, 5) is 11.4. The topological polar surface area (TPSA) is 89.8 Å². The fourth-order valence-electron chi connectivity index (χ4n) is 4.24. The maximum Gasteiger partial charge on any atom is 0.344 e. The van der Waals surface area contributed by atoms with E-state index in [2.05, 4.69) is 25.2 Å². The standard InChI is InChI=1S/C29H40N2O5/c1-6-35-28(32)20-36-25-12-9-23(10-13-25)15-18-31-17-8-7-16-29(21-30,22(2)3)24-11-14-26(33-4)27(19-24)34-5/h9-14,19,22,31H,6-8,15-18,20H2,1-5H3. The minimum Gasteiger partial charge on any atom is -0.493 e. The van der Waals surface area contributed by atoms with Crippen LogP contribution in [0.1, 0.15) is 51.2 Å². The Labute approximate surface area is 215 Å². The number of nitriles is 1. The Morgan fingerprint density at radius 3 is 2.36 bits per heavy atom. The Hall–Kier alpha value is -3.24. The predicted octanol–water partition coefficient (Wildman–Crippen LogP) is 5.07. The number of hydrogen-bond acceptors (Lipinski definition) is 7. The Bertz CT molecular complexity index is 984. The molecular formula is C29H40N2O5. The maximum absolute atomic E-state index is 11.4. The zero-order valence-electron chi connectivity index (χ0n) is 22.3. The molecule has 0 amide bonds. The summed E-state index contributed by atoms with van der Waals surface area (Å²) in [7, 11) is 3.23. The molecule has 0 aliphatic carbocycles. The van der Waals surface area contributed by atoms with Crippen LogP contribution in [0.2, 0.25) is 0 Å². The van der Waals surface area contributed by atoms with Gasteiger partial charge in [-0.3, -0.25) is 0 Å². The van der Waals surface area contributed by atoms with Gasteiger partial charge in [-0.15, -0.1) is 0 Å². The molecule has 0 radical (unpaired) electrons. The lowest BCUT2D eigenvalue weighted by molar-refractivity contribution is -0.145. The third kappa shape index (κ3) is 8.17. The predicted molar refractivity (Wildman–Crippen MR) is 141 cm³/mol. The average Bonchev–Trinajstić information content (AvgIpc) is 2.89. The maximum atomic E-state index is 11.4. The summed E-state index contributed by atoms with van der Waals surface area (Å²) < 4.78 is 21.1. The Kier molecular flexibility index (Phi) is 12.1. The van der Waals surface area contributed by atoms with E-state index in [0.717, 1.165) is 44.3 Å². The number of rotatable bonds is 16. The van der Waals surface area contributed by atoms with Gasteiger partial charge in [-0.1, -0.05) is 38.5 Å². The smallest absolute Gasteiger partial charge is 0.344 e. The summed E-state index contributed by atoms with van der Waals surface area (Å²) in [6.07, 6.45) is 3.62. The van der Waals surface area contributed by atoms with Crippen molar-refractivity contribution in [2.75, 3.05) is 40.5 Å². The molecule has 2 aromatic carbocycles. The second-order valence-corrected chi connectivity index (χ2v) is 9.00. The van der Waals surface area contributed by atoms with Crippen LogP contribution in [0.5, 0.6) is 17.2 Å². The van der Waals surface area contributed by atoms with E-state index in [9.17, 15) is 10.1 Å². The molecule has 1 unspecified atom stereocenters. The molecule has 0 aromatic heterocycles. The molecule has 0 aliphatic heterocycles. The molecule has 0 fully saturated rings. The van der Waals surface area contributed by atoms with Gasteiger partial charge >= 0.3 is 5.97 Å². The molecule has 0 saturated heterocycles. The summed E-state index contributed by atoms with van der Waals surface area (Å²) in [5.74, 6) is 1.77. The summed E-state index contributed by atoms with van der Waals surface area (Å²) in [5, 5.41) is 13.7. The van der Waals surface area contributed by atoms with Crippen molar-refractivity contribution < 1.29 is 23.7 Å². The van der Waals surface area contributed by atoms with Crippen molar-refractivity contribution in [2.45, 2.75) is 51.9 Å². The van der Waals surface area contributed by atoms with Gasteiger partial charge in [-0.25, -0.2) is 4.79 Å². The minimum absolute atomic E-state index is 0.0787. The van der Waals surface area contributed by atoms with Crippen LogP contribution in [0.25, 0.3) is 0 Å².